The maximum Gasteiger partial charge on any atom is 0.416 e. The Hall–Kier alpha value is -2.12. The molecular weight excluding hydrogens is 371 g/mol. The van der Waals surface area contributed by atoms with E-state index in [2.05, 4.69) is 15.8 Å². The predicted molar refractivity (Wildman–Crippen MR) is 99.2 cm³/mol. The summed E-state index contributed by atoms with van der Waals surface area (Å²) in [4.78, 5) is 0. The van der Waals surface area contributed by atoms with Crippen molar-refractivity contribution >= 4 is 40.3 Å². The highest BCUT2D eigenvalue weighted by Gasteiger charge is 2.30. The van der Waals surface area contributed by atoms with Crippen LogP contribution in [0.15, 0.2) is 47.6 Å². The minimum atomic E-state index is -4.40. The number of alkyl halides is 3. The number of benzene rings is 2. The lowest BCUT2D eigenvalue weighted by Crippen LogP contribution is -2.25. The van der Waals surface area contributed by atoms with E-state index in [1.807, 2.05) is 6.92 Å². The standard InChI is InChI=1S/C17H15ClF3N3S/c1-10-14(18)7-4-8-15(10)22-16(25)24-23-11(2)12-5-3-6-13(9-12)17(19,20)21/h3-9H,1-2H3,(H2,22,24,25)/b23-11+. The second-order valence-electron chi connectivity index (χ2n) is 5.25. The lowest BCUT2D eigenvalue weighted by Gasteiger charge is -2.12. The highest BCUT2D eigenvalue weighted by atomic mass is 35.5. The number of thiocarbonyl (C=S) groups is 1. The maximum atomic E-state index is 12.8. The van der Waals surface area contributed by atoms with Gasteiger partial charge in [-0.2, -0.15) is 18.3 Å². The molecule has 0 radical (unpaired) electrons. The van der Waals surface area contributed by atoms with Crippen LogP contribution in [0.5, 0.6) is 0 Å². The van der Waals surface area contributed by atoms with Crippen LogP contribution in [-0.2, 0) is 6.18 Å². The molecule has 0 amide bonds. The molecule has 2 aromatic carbocycles. The number of rotatable bonds is 3. The van der Waals surface area contributed by atoms with Crippen LogP contribution < -0.4 is 10.7 Å². The summed E-state index contributed by atoms with van der Waals surface area (Å²) >= 11 is 11.2. The summed E-state index contributed by atoms with van der Waals surface area (Å²) in [5.41, 5.74) is 4.16. The molecule has 25 heavy (non-hydrogen) atoms. The second kappa shape index (κ2) is 7.84. The summed E-state index contributed by atoms with van der Waals surface area (Å²) < 4.78 is 38.3. The van der Waals surface area contributed by atoms with E-state index in [0.717, 1.165) is 23.4 Å². The van der Waals surface area contributed by atoms with Crippen LogP contribution in [0.3, 0.4) is 0 Å². The molecule has 2 N–H and O–H groups in total. The zero-order valence-electron chi connectivity index (χ0n) is 13.4. The number of anilines is 1. The van der Waals surface area contributed by atoms with E-state index in [0.29, 0.717) is 16.3 Å². The molecule has 8 heteroatoms. The summed E-state index contributed by atoms with van der Waals surface area (Å²) in [5.74, 6) is 0. The van der Waals surface area contributed by atoms with Crippen molar-refractivity contribution in [2.45, 2.75) is 20.0 Å². The van der Waals surface area contributed by atoms with Crippen LogP contribution in [0.2, 0.25) is 5.02 Å². The Morgan fingerprint density at radius 2 is 1.84 bits per heavy atom. The van der Waals surface area contributed by atoms with Crippen molar-refractivity contribution in [3.8, 4) is 0 Å². The number of hydrazone groups is 1. The van der Waals surface area contributed by atoms with E-state index in [9.17, 15) is 13.2 Å². The van der Waals surface area contributed by atoms with Gasteiger partial charge in [-0.1, -0.05) is 29.8 Å². The first-order valence-corrected chi connectivity index (χ1v) is 8.01. The van der Waals surface area contributed by atoms with Crippen LogP contribution >= 0.6 is 23.8 Å². The molecule has 0 heterocycles. The summed E-state index contributed by atoms with van der Waals surface area (Å²) in [6.07, 6.45) is -4.40. The first-order valence-electron chi connectivity index (χ1n) is 7.22. The van der Waals surface area contributed by atoms with Crippen molar-refractivity contribution < 1.29 is 13.2 Å². The Morgan fingerprint density at radius 3 is 2.52 bits per heavy atom. The Balaban J connectivity index is 2.08. The van der Waals surface area contributed by atoms with Crippen LogP contribution in [0.1, 0.15) is 23.6 Å². The van der Waals surface area contributed by atoms with Gasteiger partial charge in [0.2, 0.25) is 0 Å². The number of hydrogen-bond donors (Lipinski definition) is 2. The van der Waals surface area contributed by atoms with Gasteiger partial charge in [0.05, 0.1) is 11.3 Å². The number of nitrogens with zero attached hydrogens (tertiary/aromatic N) is 1. The fraction of sp³-hybridized carbons (Fsp3) is 0.176. The molecule has 0 saturated heterocycles. The van der Waals surface area contributed by atoms with Gasteiger partial charge >= 0.3 is 6.18 Å². The van der Waals surface area contributed by atoms with E-state index in [-0.39, 0.29) is 5.11 Å². The Morgan fingerprint density at radius 1 is 1.16 bits per heavy atom. The lowest BCUT2D eigenvalue weighted by atomic mass is 10.1. The molecule has 132 valence electrons. The zero-order valence-corrected chi connectivity index (χ0v) is 15.0. The zero-order chi connectivity index (χ0) is 18.6. The van der Waals surface area contributed by atoms with Crippen molar-refractivity contribution in [2.75, 3.05) is 5.32 Å². The highest BCUT2D eigenvalue weighted by Crippen LogP contribution is 2.29. The molecular formula is C17H15ClF3N3S. The molecule has 0 aromatic heterocycles. The van der Waals surface area contributed by atoms with Crippen molar-refractivity contribution in [3.63, 3.8) is 0 Å². The topological polar surface area (TPSA) is 36.4 Å². The van der Waals surface area contributed by atoms with Gasteiger partial charge in [0, 0.05) is 10.7 Å². The molecule has 0 unspecified atom stereocenters. The monoisotopic (exact) mass is 385 g/mol. The van der Waals surface area contributed by atoms with Crippen LogP contribution in [0, 0.1) is 6.92 Å². The van der Waals surface area contributed by atoms with Crippen molar-refractivity contribution in [3.05, 3.63) is 64.2 Å². The van der Waals surface area contributed by atoms with E-state index in [1.54, 1.807) is 31.2 Å². The predicted octanol–water partition coefficient (Wildman–Crippen LogP) is 5.38. The molecule has 0 spiro atoms. The molecule has 0 saturated carbocycles. The third kappa shape index (κ3) is 5.17. The van der Waals surface area contributed by atoms with Gasteiger partial charge in [-0.25, -0.2) is 0 Å². The number of halogens is 4. The van der Waals surface area contributed by atoms with Gasteiger partial charge in [0.25, 0.3) is 0 Å². The van der Waals surface area contributed by atoms with Gasteiger partial charge in [-0.05, 0) is 61.5 Å². The molecule has 0 aliphatic carbocycles. The molecule has 2 aromatic rings. The fourth-order valence-corrected chi connectivity index (χ4v) is 2.34. The fourth-order valence-electron chi connectivity index (χ4n) is 2.01. The molecule has 0 aliphatic heterocycles. The summed E-state index contributed by atoms with van der Waals surface area (Å²) in [7, 11) is 0. The average molecular weight is 386 g/mol. The number of nitrogens with one attached hydrogen (secondary N) is 2. The third-order valence-corrected chi connectivity index (χ3v) is 4.05. The van der Waals surface area contributed by atoms with Gasteiger partial charge in [0.1, 0.15) is 0 Å². The maximum absolute atomic E-state index is 12.8. The Bertz CT molecular complexity index is 819. The first-order chi connectivity index (χ1) is 11.7. The summed E-state index contributed by atoms with van der Waals surface area (Å²) in [5, 5.41) is 7.77. The molecule has 0 bridgehead atoms. The Labute approximate surface area is 153 Å². The van der Waals surface area contributed by atoms with E-state index < -0.39 is 11.7 Å². The van der Waals surface area contributed by atoms with E-state index >= 15 is 0 Å². The normalized spacial score (nSPS) is 12.0. The van der Waals surface area contributed by atoms with E-state index in [4.69, 9.17) is 23.8 Å². The van der Waals surface area contributed by atoms with Crippen molar-refractivity contribution in [1.29, 1.82) is 0 Å². The van der Waals surface area contributed by atoms with Crippen molar-refractivity contribution in [1.82, 2.24) is 5.43 Å². The van der Waals surface area contributed by atoms with Gasteiger partial charge in [-0.15, -0.1) is 0 Å². The van der Waals surface area contributed by atoms with Gasteiger partial charge in [0.15, 0.2) is 5.11 Å². The average Bonchev–Trinajstić information content (AvgIpc) is 2.56. The highest BCUT2D eigenvalue weighted by molar-refractivity contribution is 7.80. The van der Waals surface area contributed by atoms with Crippen LogP contribution in [0.4, 0.5) is 18.9 Å². The molecule has 0 atom stereocenters. The number of hydrogen-bond acceptors (Lipinski definition) is 2. The van der Waals surface area contributed by atoms with Gasteiger partial charge < -0.3 is 5.32 Å². The summed E-state index contributed by atoms with van der Waals surface area (Å²) in [6, 6.07) is 10.3. The third-order valence-electron chi connectivity index (χ3n) is 3.45. The van der Waals surface area contributed by atoms with Crippen LogP contribution in [0.25, 0.3) is 0 Å². The quantitative estimate of drug-likeness (QED) is 0.423. The minimum Gasteiger partial charge on any atom is -0.331 e. The molecule has 2 rings (SSSR count). The lowest BCUT2D eigenvalue weighted by molar-refractivity contribution is -0.137. The van der Waals surface area contributed by atoms with Crippen molar-refractivity contribution in [2.24, 2.45) is 5.10 Å². The first kappa shape index (κ1) is 19.2. The molecule has 0 aliphatic rings. The summed E-state index contributed by atoms with van der Waals surface area (Å²) in [6.45, 7) is 3.43. The Kier molecular flexibility index (Phi) is 6.02. The molecule has 0 fully saturated rings. The smallest absolute Gasteiger partial charge is 0.331 e. The second-order valence-corrected chi connectivity index (χ2v) is 6.07. The van der Waals surface area contributed by atoms with Crippen LogP contribution in [-0.4, -0.2) is 10.8 Å². The minimum absolute atomic E-state index is 0.205. The van der Waals surface area contributed by atoms with E-state index in [1.165, 1.54) is 6.07 Å². The SMILES string of the molecule is C/C(=N\NC(=S)Nc1cccc(Cl)c1C)c1cccc(C(F)(F)F)c1. The largest absolute Gasteiger partial charge is 0.416 e. The van der Waals surface area contributed by atoms with Gasteiger partial charge in [-0.3, -0.25) is 5.43 Å². The molecule has 3 nitrogen and oxygen atoms in total.